The van der Waals surface area contributed by atoms with Crippen LogP contribution in [0.4, 0.5) is 5.69 Å². The fraction of sp³-hybridized carbons (Fsp3) is 0.0588. The summed E-state index contributed by atoms with van der Waals surface area (Å²) in [4.78, 5) is 13.2. The normalized spacial score (nSPS) is 10.3. The number of nitrogen functional groups attached to an aromatic ring is 1. The van der Waals surface area contributed by atoms with Crippen LogP contribution in [-0.4, -0.2) is 17.6 Å². The maximum Gasteiger partial charge on any atom is 0.357 e. The number of benzene rings is 1. The quantitative estimate of drug-likeness (QED) is 0.749. The van der Waals surface area contributed by atoms with Gasteiger partial charge in [0.1, 0.15) is 6.07 Å². The van der Waals surface area contributed by atoms with Crippen LogP contribution in [0.25, 0.3) is 16.1 Å². The largest absolute Gasteiger partial charge is 0.464 e. The van der Waals surface area contributed by atoms with E-state index in [4.69, 9.17) is 15.7 Å². The SMILES string of the molecule is COC(=O)c1c(N)c(C#N)cn1-c1cccc(-c2cccs2)c1. The molecular formula is C17H13N3O2S. The molecule has 0 fully saturated rings. The fourth-order valence-corrected chi connectivity index (χ4v) is 3.09. The molecule has 0 aliphatic rings. The molecule has 0 unspecified atom stereocenters. The summed E-state index contributed by atoms with van der Waals surface area (Å²) in [5, 5.41) is 11.2. The standard InChI is InChI=1S/C17H13N3O2S/c1-22-17(21)16-15(19)12(9-18)10-20(16)13-5-2-4-11(8-13)14-6-3-7-23-14/h2-8,10H,19H2,1H3. The molecule has 2 N–H and O–H groups in total. The van der Waals surface area contributed by atoms with Gasteiger partial charge in [-0.15, -0.1) is 11.3 Å². The number of hydrogen-bond acceptors (Lipinski definition) is 5. The van der Waals surface area contributed by atoms with E-state index in [0.29, 0.717) is 0 Å². The van der Waals surface area contributed by atoms with E-state index in [-0.39, 0.29) is 16.9 Å². The molecule has 0 aliphatic heterocycles. The van der Waals surface area contributed by atoms with Crippen LogP contribution in [0.15, 0.2) is 48.0 Å². The Labute approximate surface area is 137 Å². The summed E-state index contributed by atoms with van der Waals surface area (Å²) >= 11 is 1.63. The van der Waals surface area contributed by atoms with E-state index in [1.54, 1.807) is 22.1 Å². The van der Waals surface area contributed by atoms with E-state index in [2.05, 4.69) is 0 Å². The Hall–Kier alpha value is -3.04. The first-order valence-electron chi connectivity index (χ1n) is 6.79. The van der Waals surface area contributed by atoms with Crippen LogP contribution in [0.3, 0.4) is 0 Å². The Morgan fingerprint density at radius 2 is 2.17 bits per heavy atom. The first kappa shape index (κ1) is 14.9. The van der Waals surface area contributed by atoms with Crippen LogP contribution in [-0.2, 0) is 4.74 Å². The highest BCUT2D eigenvalue weighted by Gasteiger charge is 2.21. The van der Waals surface area contributed by atoms with E-state index >= 15 is 0 Å². The molecule has 2 heterocycles. The number of carbonyl (C=O) groups is 1. The van der Waals surface area contributed by atoms with E-state index < -0.39 is 5.97 Å². The molecule has 0 bridgehead atoms. The van der Waals surface area contributed by atoms with Gasteiger partial charge < -0.3 is 15.0 Å². The Morgan fingerprint density at radius 3 is 2.83 bits per heavy atom. The highest BCUT2D eigenvalue weighted by atomic mass is 32.1. The van der Waals surface area contributed by atoms with Crippen LogP contribution in [0, 0.1) is 11.3 Å². The lowest BCUT2D eigenvalue weighted by Gasteiger charge is -2.09. The summed E-state index contributed by atoms with van der Waals surface area (Å²) in [7, 11) is 1.28. The molecule has 2 aromatic heterocycles. The number of methoxy groups -OCH3 is 1. The molecule has 0 aliphatic carbocycles. The second-order valence-corrected chi connectivity index (χ2v) is 5.75. The van der Waals surface area contributed by atoms with Gasteiger partial charge in [-0.3, -0.25) is 0 Å². The Morgan fingerprint density at radius 1 is 1.35 bits per heavy atom. The average Bonchev–Trinajstić information content (AvgIpc) is 3.22. The van der Waals surface area contributed by atoms with Crippen LogP contribution < -0.4 is 5.73 Å². The fourth-order valence-electron chi connectivity index (χ4n) is 2.37. The van der Waals surface area contributed by atoms with E-state index in [0.717, 1.165) is 16.1 Å². The number of hydrogen-bond donors (Lipinski definition) is 1. The molecule has 0 saturated carbocycles. The van der Waals surface area contributed by atoms with Gasteiger partial charge in [0.2, 0.25) is 0 Å². The first-order chi connectivity index (χ1) is 11.2. The van der Waals surface area contributed by atoms with Crippen LogP contribution >= 0.6 is 11.3 Å². The number of thiophene rings is 1. The molecule has 5 nitrogen and oxygen atoms in total. The zero-order valence-corrected chi connectivity index (χ0v) is 13.1. The van der Waals surface area contributed by atoms with Crippen LogP contribution in [0.2, 0.25) is 0 Å². The van der Waals surface area contributed by atoms with Gasteiger partial charge in [0.25, 0.3) is 0 Å². The van der Waals surface area contributed by atoms with Crippen molar-refractivity contribution in [3.63, 3.8) is 0 Å². The van der Waals surface area contributed by atoms with E-state index in [9.17, 15) is 4.79 Å². The van der Waals surface area contributed by atoms with E-state index in [1.165, 1.54) is 7.11 Å². The number of nitrogens with two attached hydrogens (primary N) is 1. The smallest absolute Gasteiger partial charge is 0.357 e. The van der Waals surface area contributed by atoms with Gasteiger partial charge in [0, 0.05) is 16.8 Å². The van der Waals surface area contributed by atoms with Gasteiger partial charge in [-0.25, -0.2) is 4.79 Å². The minimum Gasteiger partial charge on any atom is -0.464 e. The van der Waals surface area contributed by atoms with Crippen molar-refractivity contribution in [3.8, 4) is 22.2 Å². The van der Waals surface area contributed by atoms with E-state index in [1.807, 2.05) is 47.8 Å². The molecule has 0 atom stereocenters. The molecule has 114 valence electrons. The lowest BCUT2D eigenvalue weighted by molar-refractivity contribution is 0.0593. The zero-order chi connectivity index (χ0) is 16.4. The molecule has 23 heavy (non-hydrogen) atoms. The third-order valence-corrected chi connectivity index (χ3v) is 4.39. The number of esters is 1. The third-order valence-electron chi connectivity index (χ3n) is 3.47. The number of anilines is 1. The van der Waals surface area contributed by atoms with Crippen LogP contribution in [0.1, 0.15) is 16.1 Å². The molecule has 1 aromatic carbocycles. The maximum atomic E-state index is 12.0. The summed E-state index contributed by atoms with van der Waals surface area (Å²) in [6, 6.07) is 13.7. The first-order valence-corrected chi connectivity index (χ1v) is 7.67. The number of nitrogens with zero attached hydrogens (tertiary/aromatic N) is 2. The van der Waals surface area contributed by atoms with Gasteiger partial charge in [-0.05, 0) is 29.1 Å². The molecule has 3 aromatic rings. The summed E-state index contributed by atoms with van der Waals surface area (Å²) in [5.74, 6) is -0.578. The molecular weight excluding hydrogens is 310 g/mol. The van der Waals surface area contributed by atoms with Crippen molar-refractivity contribution in [2.24, 2.45) is 0 Å². The van der Waals surface area contributed by atoms with Crippen molar-refractivity contribution < 1.29 is 9.53 Å². The molecule has 0 radical (unpaired) electrons. The number of ether oxygens (including phenoxy) is 1. The Balaban J connectivity index is 2.18. The summed E-state index contributed by atoms with van der Waals surface area (Å²) in [6.07, 6.45) is 1.55. The van der Waals surface area contributed by atoms with Gasteiger partial charge in [0.15, 0.2) is 5.69 Å². The molecule has 0 amide bonds. The lowest BCUT2D eigenvalue weighted by atomic mass is 10.1. The minimum absolute atomic E-state index is 0.126. The molecule has 6 heteroatoms. The summed E-state index contributed by atoms with van der Waals surface area (Å²) in [6.45, 7) is 0. The van der Waals surface area contributed by atoms with Crippen molar-refractivity contribution in [1.29, 1.82) is 5.26 Å². The highest BCUT2D eigenvalue weighted by molar-refractivity contribution is 7.13. The van der Waals surface area contributed by atoms with Crippen LogP contribution in [0.5, 0.6) is 0 Å². The number of rotatable bonds is 3. The number of carbonyl (C=O) groups excluding carboxylic acids is 1. The monoisotopic (exact) mass is 323 g/mol. The summed E-state index contributed by atoms with van der Waals surface area (Å²) in [5.41, 5.74) is 8.21. The average molecular weight is 323 g/mol. The van der Waals surface area contributed by atoms with Crippen molar-refractivity contribution >= 4 is 23.0 Å². The lowest BCUT2D eigenvalue weighted by Crippen LogP contribution is -2.11. The summed E-state index contributed by atoms with van der Waals surface area (Å²) < 4.78 is 6.39. The Bertz CT molecular complexity index is 905. The van der Waals surface area contributed by atoms with Crippen molar-refractivity contribution in [3.05, 3.63) is 59.2 Å². The maximum absolute atomic E-state index is 12.0. The number of nitriles is 1. The van der Waals surface area contributed by atoms with Crippen molar-refractivity contribution in [2.75, 3.05) is 12.8 Å². The predicted octanol–water partition coefficient (Wildman–Crippen LogP) is 3.45. The predicted molar refractivity (Wildman–Crippen MR) is 89.5 cm³/mol. The van der Waals surface area contributed by atoms with Gasteiger partial charge in [-0.1, -0.05) is 18.2 Å². The zero-order valence-electron chi connectivity index (χ0n) is 12.3. The van der Waals surface area contributed by atoms with Gasteiger partial charge in [0.05, 0.1) is 18.4 Å². The third kappa shape index (κ3) is 2.58. The van der Waals surface area contributed by atoms with Crippen molar-refractivity contribution in [2.45, 2.75) is 0 Å². The van der Waals surface area contributed by atoms with Gasteiger partial charge in [-0.2, -0.15) is 5.26 Å². The van der Waals surface area contributed by atoms with Gasteiger partial charge >= 0.3 is 5.97 Å². The molecule has 0 saturated heterocycles. The Kier molecular flexibility index (Phi) is 3.87. The topological polar surface area (TPSA) is 81.0 Å². The molecule has 3 rings (SSSR count). The minimum atomic E-state index is -0.578. The number of aromatic nitrogens is 1. The van der Waals surface area contributed by atoms with Crippen molar-refractivity contribution in [1.82, 2.24) is 4.57 Å². The second-order valence-electron chi connectivity index (χ2n) is 4.81. The highest BCUT2D eigenvalue weighted by Crippen LogP contribution is 2.29. The molecule has 0 spiro atoms. The second kappa shape index (κ2) is 5.99.